The van der Waals surface area contributed by atoms with Crippen molar-refractivity contribution in [1.29, 1.82) is 0 Å². The number of methoxy groups -OCH3 is 1. The molecule has 1 spiro atoms. The molecular formula is C32H37ClN2O5Si. The number of rotatable bonds is 9. The van der Waals surface area contributed by atoms with Gasteiger partial charge in [-0.25, -0.2) is 0 Å². The van der Waals surface area contributed by atoms with Crippen molar-refractivity contribution in [2.24, 2.45) is 5.92 Å². The number of nitrogens with one attached hydrogen (secondary N) is 1. The Morgan fingerprint density at radius 2 is 1.83 bits per heavy atom. The number of ether oxygens (including phenoxy) is 2. The highest BCUT2D eigenvalue weighted by atomic mass is 35.5. The van der Waals surface area contributed by atoms with Crippen LogP contribution in [0.15, 0.2) is 72.8 Å². The molecule has 216 valence electrons. The quantitative estimate of drug-likeness (QED) is 0.344. The lowest BCUT2D eigenvalue weighted by Crippen LogP contribution is -2.52. The zero-order valence-corrected chi connectivity index (χ0v) is 25.6. The maximum absolute atomic E-state index is 13.9. The average Bonchev–Trinajstić information content (AvgIpc) is 3.41. The minimum Gasteiger partial charge on any atom is -0.497 e. The standard InChI is InChI=1S/C32H37ClN2O5Si/c1-21-30(41(3,4)25-13-11-24(39-2)12-14-25)28(19-29(37)35(16-17-36)20-22-8-6-5-7-9-22)40-32(21)26-18-23(33)10-15-27(26)34-31(32)38/h5-15,18,21,28,30,36H,16-17,19-20H2,1-4H3,(H,34,38)/t21-,28+,30-,32+/m0/s1. The molecule has 0 aromatic heterocycles. The zero-order chi connectivity index (χ0) is 29.4. The molecule has 0 unspecified atom stereocenters. The monoisotopic (exact) mass is 592 g/mol. The van der Waals surface area contributed by atoms with Gasteiger partial charge in [-0.3, -0.25) is 9.59 Å². The summed E-state index contributed by atoms with van der Waals surface area (Å²) in [7, 11) is -0.731. The molecule has 2 heterocycles. The van der Waals surface area contributed by atoms with Crippen LogP contribution in [0.1, 0.15) is 24.5 Å². The maximum atomic E-state index is 13.9. The van der Waals surface area contributed by atoms with Gasteiger partial charge >= 0.3 is 0 Å². The summed E-state index contributed by atoms with van der Waals surface area (Å²) in [5.41, 5.74) is 1.05. The molecule has 3 aromatic carbocycles. The van der Waals surface area contributed by atoms with E-state index in [-0.39, 0.29) is 42.8 Å². The van der Waals surface area contributed by atoms with Gasteiger partial charge in [-0.15, -0.1) is 0 Å². The summed E-state index contributed by atoms with van der Waals surface area (Å²) in [5.74, 6) is 0.200. The second-order valence-electron chi connectivity index (χ2n) is 11.5. The SMILES string of the molecule is COc1ccc([Si](C)(C)[C@@H]2[C@@H](CC(=O)N(CCO)Cc3ccccc3)O[C@]3(C(=O)Nc4ccc(Cl)cc43)[C@H]2C)cc1. The molecule has 3 aromatic rings. The molecule has 5 rings (SSSR count). The Morgan fingerprint density at radius 3 is 2.49 bits per heavy atom. The van der Waals surface area contributed by atoms with Crippen molar-refractivity contribution in [3.05, 3.63) is 88.9 Å². The number of anilines is 1. The third-order valence-corrected chi connectivity index (χ3v) is 13.5. The molecule has 1 saturated heterocycles. The first-order valence-electron chi connectivity index (χ1n) is 14.0. The number of carbonyl (C=O) groups excluding carboxylic acids is 2. The van der Waals surface area contributed by atoms with Gasteiger partial charge in [0.05, 0.1) is 34.3 Å². The summed E-state index contributed by atoms with van der Waals surface area (Å²) in [4.78, 5) is 29.3. The number of nitrogens with zero attached hydrogens (tertiary/aromatic N) is 1. The van der Waals surface area contributed by atoms with Gasteiger partial charge in [-0.05, 0) is 41.4 Å². The molecule has 41 heavy (non-hydrogen) atoms. The largest absolute Gasteiger partial charge is 0.497 e. The first-order valence-corrected chi connectivity index (χ1v) is 17.4. The van der Waals surface area contributed by atoms with Gasteiger partial charge < -0.3 is 24.8 Å². The van der Waals surface area contributed by atoms with Crippen LogP contribution in [0.25, 0.3) is 0 Å². The Bertz CT molecular complexity index is 1420. The molecule has 1 fully saturated rings. The number of aliphatic hydroxyl groups excluding tert-OH is 1. The molecule has 2 N–H and O–H groups in total. The Balaban J connectivity index is 1.54. The molecule has 7 nitrogen and oxygen atoms in total. The zero-order valence-electron chi connectivity index (χ0n) is 23.9. The summed E-state index contributed by atoms with van der Waals surface area (Å²) < 4.78 is 12.3. The van der Waals surface area contributed by atoms with Gasteiger partial charge in [0, 0.05) is 35.3 Å². The predicted octanol–water partition coefficient (Wildman–Crippen LogP) is 4.93. The van der Waals surface area contributed by atoms with Gasteiger partial charge in [0.2, 0.25) is 5.91 Å². The van der Waals surface area contributed by atoms with Crippen LogP contribution >= 0.6 is 11.6 Å². The Hall–Kier alpha value is -3.17. The lowest BCUT2D eigenvalue weighted by atomic mass is 9.82. The van der Waals surface area contributed by atoms with Crippen molar-refractivity contribution >= 4 is 42.4 Å². The van der Waals surface area contributed by atoms with E-state index in [9.17, 15) is 14.7 Å². The van der Waals surface area contributed by atoms with Gasteiger partial charge in [0.25, 0.3) is 5.91 Å². The molecule has 2 aliphatic heterocycles. The average molecular weight is 593 g/mol. The maximum Gasteiger partial charge on any atom is 0.261 e. The van der Waals surface area contributed by atoms with E-state index >= 15 is 0 Å². The van der Waals surface area contributed by atoms with E-state index in [1.54, 1.807) is 18.1 Å². The third-order valence-electron chi connectivity index (χ3n) is 8.87. The minimum atomic E-state index is -2.37. The number of halogens is 1. The number of benzene rings is 3. The second kappa shape index (κ2) is 11.6. The molecule has 2 aliphatic rings. The van der Waals surface area contributed by atoms with Crippen LogP contribution < -0.4 is 15.2 Å². The number of amides is 2. The van der Waals surface area contributed by atoms with Crippen molar-refractivity contribution in [2.75, 3.05) is 25.6 Å². The van der Waals surface area contributed by atoms with Gasteiger partial charge in [0.15, 0.2) is 5.60 Å². The molecule has 0 radical (unpaired) electrons. The number of fused-ring (bicyclic) bond motifs is 2. The number of aliphatic hydroxyl groups is 1. The van der Waals surface area contributed by atoms with E-state index in [1.807, 2.05) is 54.6 Å². The van der Waals surface area contributed by atoms with Gasteiger partial charge in [0.1, 0.15) is 5.75 Å². The van der Waals surface area contributed by atoms with Crippen LogP contribution in [0.3, 0.4) is 0 Å². The molecule has 9 heteroatoms. The number of hydrogen-bond donors (Lipinski definition) is 2. The van der Waals surface area contributed by atoms with Crippen LogP contribution in [0.2, 0.25) is 23.7 Å². The van der Waals surface area contributed by atoms with E-state index in [4.69, 9.17) is 21.1 Å². The fraction of sp³-hybridized carbons (Fsp3) is 0.375. The molecule has 0 bridgehead atoms. The molecule has 0 saturated carbocycles. The molecule has 0 aliphatic carbocycles. The fourth-order valence-electron chi connectivity index (χ4n) is 6.82. The van der Waals surface area contributed by atoms with E-state index in [2.05, 4.69) is 37.5 Å². The fourth-order valence-corrected chi connectivity index (χ4v) is 11.0. The molecule has 2 amide bonds. The van der Waals surface area contributed by atoms with Crippen LogP contribution in [-0.2, 0) is 26.5 Å². The topological polar surface area (TPSA) is 88.1 Å². The first kappa shape index (κ1) is 29.3. The number of carbonyl (C=O) groups is 2. The van der Waals surface area contributed by atoms with E-state index in [0.717, 1.165) is 16.9 Å². The summed E-state index contributed by atoms with van der Waals surface area (Å²) in [6, 6.07) is 23.2. The van der Waals surface area contributed by atoms with Crippen LogP contribution in [-0.4, -0.2) is 56.3 Å². The van der Waals surface area contributed by atoms with Gasteiger partial charge in [-0.1, -0.05) is 79.3 Å². The Morgan fingerprint density at radius 1 is 1.12 bits per heavy atom. The second-order valence-corrected chi connectivity index (χ2v) is 16.7. The van der Waals surface area contributed by atoms with E-state index in [1.165, 1.54) is 5.19 Å². The Kier molecular flexibility index (Phi) is 8.30. The van der Waals surface area contributed by atoms with Crippen molar-refractivity contribution < 1.29 is 24.2 Å². The lowest BCUT2D eigenvalue weighted by Gasteiger charge is -2.37. The van der Waals surface area contributed by atoms with E-state index in [0.29, 0.717) is 17.3 Å². The lowest BCUT2D eigenvalue weighted by molar-refractivity contribution is -0.148. The predicted molar refractivity (Wildman–Crippen MR) is 163 cm³/mol. The normalized spacial score (nSPS) is 23.4. The van der Waals surface area contributed by atoms with Crippen molar-refractivity contribution in [2.45, 2.75) is 50.2 Å². The van der Waals surface area contributed by atoms with E-state index < -0.39 is 19.8 Å². The van der Waals surface area contributed by atoms with Crippen molar-refractivity contribution in [3.8, 4) is 5.75 Å². The summed E-state index contributed by atoms with van der Waals surface area (Å²) in [6.07, 6.45) is -0.423. The highest BCUT2D eigenvalue weighted by molar-refractivity contribution is 6.91. The van der Waals surface area contributed by atoms with Crippen LogP contribution in [0, 0.1) is 5.92 Å². The molecule has 4 atom stereocenters. The number of hydrogen-bond acceptors (Lipinski definition) is 5. The summed E-state index contributed by atoms with van der Waals surface area (Å²) >= 11 is 6.42. The van der Waals surface area contributed by atoms with Crippen molar-refractivity contribution in [1.82, 2.24) is 4.90 Å². The summed E-state index contributed by atoms with van der Waals surface area (Å²) in [6.45, 7) is 7.07. The highest BCUT2D eigenvalue weighted by Gasteiger charge is 2.65. The van der Waals surface area contributed by atoms with Crippen molar-refractivity contribution in [3.63, 3.8) is 0 Å². The molecular weight excluding hydrogens is 556 g/mol. The summed E-state index contributed by atoms with van der Waals surface area (Å²) in [5, 5.41) is 14.5. The smallest absolute Gasteiger partial charge is 0.261 e. The Labute approximate surface area is 247 Å². The minimum absolute atomic E-state index is 0.0803. The van der Waals surface area contributed by atoms with Crippen LogP contribution in [0.4, 0.5) is 5.69 Å². The highest BCUT2D eigenvalue weighted by Crippen LogP contribution is 2.58. The van der Waals surface area contributed by atoms with Gasteiger partial charge in [-0.2, -0.15) is 0 Å². The first-order chi connectivity index (χ1) is 19.6. The van der Waals surface area contributed by atoms with Crippen LogP contribution in [0.5, 0.6) is 5.75 Å². The third kappa shape index (κ3) is 5.30.